The number of carbonyl (C=O) groups is 1. The monoisotopic (exact) mass is 329 g/mol. The van der Waals surface area contributed by atoms with Gasteiger partial charge in [-0.1, -0.05) is 0 Å². The molecule has 4 rings (SSSR count). The van der Waals surface area contributed by atoms with Gasteiger partial charge in [0.05, 0.1) is 12.3 Å². The Bertz CT molecular complexity index is 564. The summed E-state index contributed by atoms with van der Waals surface area (Å²) in [5.41, 5.74) is 0.536. The molecule has 0 aromatic carbocycles. The molecule has 1 saturated heterocycles. The molecule has 1 aliphatic heterocycles. The Hall–Kier alpha value is -1.62. The maximum atomic E-state index is 12.7. The third-order valence-electron chi connectivity index (χ3n) is 5.44. The van der Waals surface area contributed by atoms with Crippen molar-refractivity contribution in [3.63, 3.8) is 0 Å². The van der Waals surface area contributed by atoms with E-state index < -0.39 is 0 Å². The SMILES string of the molecule is O=C(c1ccc(OC2CCCC2)cn1)N1CCCN(C2CC2)CC1. The Morgan fingerprint density at radius 3 is 2.54 bits per heavy atom. The second kappa shape index (κ2) is 7.09. The third-order valence-corrected chi connectivity index (χ3v) is 5.44. The van der Waals surface area contributed by atoms with Crippen LogP contribution < -0.4 is 4.74 Å². The zero-order chi connectivity index (χ0) is 16.4. The third kappa shape index (κ3) is 3.72. The molecular weight excluding hydrogens is 302 g/mol. The highest BCUT2D eigenvalue weighted by molar-refractivity contribution is 5.92. The number of amides is 1. The van der Waals surface area contributed by atoms with E-state index >= 15 is 0 Å². The van der Waals surface area contributed by atoms with Gasteiger partial charge in [-0.3, -0.25) is 9.69 Å². The zero-order valence-corrected chi connectivity index (χ0v) is 14.3. The van der Waals surface area contributed by atoms with Crippen LogP contribution in [0.3, 0.4) is 0 Å². The quantitative estimate of drug-likeness (QED) is 0.852. The predicted molar refractivity (Wildman–Crippen MR) is 92.2 cm³/mol. The number of rotatable bonds is 4. The van der Waals surface area contributed by atoms with E-state index in [4.69, 9.17) is 4.74 Å². The Morgan fingerprint density at radius 2 is 1.83 bits per heavy atom. The van der Waals surface area contributed by atoms with E-state index in [1.54, 1.807) is 6.20 Å². The van der Waals surface area contributed by atoms with Gasteiger partial charge >= 0.3 is 0 Å². The fourth-order valence-electron chi connectivity index (χ4n) is 3.88. The summed E-state index contributed by atoms with van der Waals surface area (Å²) in [6.07, 6.45) is 10.5. The summed E-state index contributed by atoms with van der Waals surface area (Å²) in [5.74, 6) is 0.842. The summed E-state index contributed by atoms with van der Waals surface area (Å²) in [6, 6.07) is 4.49. The number of ether oxygens (including phenoxy) is 1. The smallest absolute Gasteiger partial charge is 0.272 e. The minimum absolute atomic E-state index is 0.0556. The molecule has 24 heavy (non-hydrogen) atoms. The van der Waals surface area contributed by atoms with Crippen molar-refractivity contribution in [2.75, 3.05) is 26.2 Å². The molecule has 0 N–H and O–H groups in total. The average Bonchev–Trinajstić information content (AvgIpc) is 3.37. The van der Waals surface area contributed by atoms with Gasteiger partial charge in [-0.2, -0.15) is 0 Å². The fraction of sp³-hybridized carbons (Fsp3) is 0.684. The van der Waals surface area contributed by atoms with Crippen molar-refractivity contribution in [2.45, 2.75) is 57.1 Å². The Labute approximate surface area is 144 Å². The lowest BCUT2D eigenvalue weighted by molar-refractivity contribution is 0.0755. The van der Waals surface area contributed by atoms with E-state index in [9.17, 15) is 4.79 Å². The second-order valence-corrected chi connectivity index (χ2v) is 7.32. The van der Waals surface area contributed by atoms with Crippen molar-refractivity contribution in [2.24, 2.45) is 0 Å². The van der Waals surface area contributed by atoms with Gasteiger partial charge in [0, 0.05) is 32.2 Å². The lowest BCUT2D eigenvalue weighted by Crippen LogP contribution is -2.36. The molecule has 1 aromatic rings. The van der Waals surface area contributed by atoms with Crippen LogP contribution in [0, 0.1) is 0 Å². The number of pyridine rings is 1. The van der Waals surface area contributed by atoms with Crippen LogP contribution in [0.4, 0.5) is 0 Å². The average molecular weight is 329 g/mol. The molecule has 2 aliphatic carbocycles. The Balaban J connectivity index is 1.34. The van der Waals surface area contributed by atoms with Crippen LogP contribution in [0.15, 0.2) is 18.3 Å². The normalized spacial score (nSPS) is 23.2. The van der Waals surface area contributed by atoms with E-state index in [2.05, 4.69) is 9.88 Å². The van der Waals surface area contributed by atoms with Crippen molar-refractivity contribution in [1.29, 1.82) is 0 Å². The fourth-order valence-corrected chi connectivity index (χ4v) is 3.88. The Kier molecular flexibility index (Phi) is 4.69. The number of hydrogen-bond acceptors (Lipinski definition) is 4. The molecule has 5 heteroatoms. The zero-order valence-electron chi connectivity index (χ0n) is 14.3. The van der Waals surface area contributed by atoms with Crippen LogP contribution in [-0.2, 0) is 0 Å². The summed E-state index contributed by atoms with van der Waals surface area (Å²) < 4.78 is 5.93. The first kappa shape index (κ1) is 15.9. The summed E-state index contributed by atoms with van der Waals surface area (Å²) in [6.45, 7) is 3.77. The highest BCUT2D eigenvalue weighted by atomic mass is 16.5. The number of carbonyl (C=O) groups excluding carboxylic acids is 1. The van der Waals surface area contributed by atoms with Crippen LogP contribution in [0.1, 0.15) is 55.4 Å². The van der Waals surface area contributed by atoms with Gasteiger partial charge in [0.1, 0.15) is 11.4 Å². The van der Waals surface area contributed by atoms with E-state index in [1.165, 1.54) is 25.7 Å². The summed E-state index contributed by atoms with van der Waals surface area (Å²) in [4.78, 5) is 21.6. The molecule has 3 fully saturated rings. The van der Waals surface area contributed by atoms with Crippen molar-refractivity contribution in [3.8, 4) is 5.75 Å². The van der Waals surface area contributed by atoms with E-state index in [0.717, 1.165) is 57.2 Å². The molecule has 0 unspecified atom stereocenters. The lowest BCUT2D eigenvalue weighted by Gasteiger charge is -2.21. The molecule has 5 nitrogen and oxygen atoms in total. The van der Waals surface area contributed by atoms with Gasteiger partial charge < -0.3 is 9.64 Å². The summed E-state index contributed by atoms with van der Waals surface area (Å²) in [5, 5.41) is 0. The molecule has 1 aromatic heterocycles. The number of aromatic nitrogens is 1. The Morgan fingerprint density at radius 1 is 1.00 bits per heavy atom. The predicted octanol–water partition coefficient (Wildman–Crippen LogP) is 2.71. The van der Waals surface area contributed by atoms with Gasteiger partial charge in [-0.05, 0) is 57.1 Å². The topological polar surface area (TPSA) is 45.7 Å². The van der Waals surface area contributed by atoms with Gasteiger partial charge in [0.15, 0.2) is 0 Å². The summed E-state index contributed by atoms with van der Waals surface area (Å²) in [7, 11) is 0. The van der Waals surface area contributed by atoms with E-state index in [1.807, 2.05) is 17.0 Å². The van der Waals surface area contributed by atoms with Gasteiger partial charge in [-0.25, -0.2) is 4.98 Å². The molecular formula is C19H27N3O2. The maximum absolute atomic E-state index is 12.7. The van der Waals surface area contributed by atoms with Crippen LogP contribution in [0.5, 0.6) is 5.75 Å². The van der Waals surface area contributed by atoms with Crippen molar-refractivity contribution in [3.05, 3.63) is 24.0 Å². The molecule has 2 heterocycles. The maximum Gasteiger partial charge on any atom is 0.272 e. The van der Waals surface area contributed by atoms with E-state index in [0.29, 0.717) is 11.8 Å². The lowest BCUT2D eigenvalue weighted by atomic mass is 10.2. The first-order valence-corrected chi connectivity index (χ1v) is 9.45. The number of hydrogen-bond donors (Lipinski definition) is 0. The first-order chi connectivity index (χ1) is 11.8. The highest BCUT2D eigenvalue weighted by Gasteiger charge is 2.31. The van der Waals surface area contributed by atoms with Gasteiger partial charge in [0.2, 0.25) is 0 Å². The highest BCUT2D eigenvalue weighted by Crippen LogP contribution is 2.28. The minimum atomic E-state index is 0.0556. The molecule has 0 radical (unpaired) electrons. The van der Waals surface area contributed by atoms with Gasteiger partial charge in [0.25, 0.3) is 5.91 Å². The van der Waals surface area contributed by atoms with E-state index in [-0.39, 0.29) is 5.91 Å². The molecule has 3 aliphatic rings. The van der Waals surface area contributed by atoms with Crippen molar-refractivity contribution >= 4 is 5.91 Å². The molecule has 0 atom stereocenters. The molecule has 0 bridgehead atoms. The standard InChI is InChI=1S/C19H27N3O2/c23-19(22-11-3-10-21(12-13-22)15-6-7-15)18-9-8-17(14-20-18)24-16-4-1-2-5-16/h8-9,14-16H,1-7,10-13H2. The largest absolute Gasteiger partial charge is 0.489 e. The van der Waals surface area contributed by atoms with Crippen LogP contribution in [-0.4, -0.2) is 59.0 Å². The molecule has 1 amide bonds. The van der Waals surface area contributed by atoms with Crippen molar-refractivity contribution in [1.82, 2.24) is 14.8 Å². The molecule has 0 spiro atoms. The minimum Gasteiger partial charge on any atom is -0.489 e. The van der Waals surface area contributed by atoms with Gasteiger partial charge in [-0.15, -0.1) is 0 Å². The van der Waals surface area contributed by atoms with Crippen LogP contribution >= 0.6 is 0 Å². The van der Waals surface area contributed by atoms with Crippen LogP contribution in [0.25, 0.3) is 0 Å². The van der Waals surface area contributed by atoms with Crippen LogP contribution in [0.2, 0.25) is 0 Å². The molecule has 130 valence electrons. The molecule has 2 saturated carbocycles. The second-order valence-electron chi connectivity index (χ2n) is 7.32. The summed E-state index contributed by atoms with van der Waals surface area (Å²) >= 11 is 0. The number of nitrogens with zero attached hydrogens (tertiary/aromatic N) is 3. The first-order valence-electron chi connectivity index (χ1n) is 9.45. The van der Waals surface area contributed by atoms with Crippen molar-refractivity contribution < 1.29 is 9.53 Å².